The van der Waals surface area contributed by atoms with E-state index in [-0.39, 0.29) is 11.8 Å². The number of carbonyl (C=O) groups excluding carboxylic acids is 1. The van der Waals surface area contributed by atoms with E-state index in [1.165, 1.54) is 25.7 Å². The standard InChI is InChI=1S/C21H38N4O2/c1-5-27-18-14-17(21(18)10-6-7-11-21)24-20(22-4)23-16-8-12-25(13-9-16)19(26)15(2)3/h15-18H,5-14H2,1-4H3,(H2,22,23,24). The topological polar surface area (TPSA) is 66.0 Å². The van der Waals surface area contributed by atoms with E-state index in [1.54, 1.807) is 0 Å². The molecule has 6 heteroatoms. The lowest BCUT2D eigenvalue weighted by Crippen LogP contribution is -2.65. The summed E-state index contributed by atoms with van der Waals surface area (Å²) in [6.07, 6.45) is 8.62. The van der Waals surface area contributed by atoms with Crippen molar-refractivity contribution in [2.45, 2.75) is 83.9 Å². The van der Waals surface area contributed by atoms with Gasteiger partial charge in [0, 0.05) is 50.2 Å². The second kappa shape index (κ2) is 8.80. The summed E-state index contributed by atoms with van der Waals surface area (Å²) < 4.78 is 6.03. The highest BCUT2D eigenvalue weighted by Crippen LogP contribution is 2.54. The molecule has 1 heterocycles. The minimum atomic E-state index is 0.0865. The normalized spacial score (nSPS) is 28.5. The zero-order chi connectivity index (χ0) is 19.4. The molecule has 6 nitrogen and oxygen atoms in total. The van der Waals surface area contributed by atoms with Crippen LogP contribution < -0.4 is 10.6 Å². The molecule has 1 amide bonds. The van der Waals surface area contributed by atoms with Crippen LogP contribution >= 0.6 is 0 Å². The molecule has 2 N–H and O–H groups in total. The minimum Gasteiger partial charge on any atom is -0.378 e. The lowest BCUT2D eigenvalue weighted by atomic mass is 9.60. The van der Waals surface area contributed by atoms with Crippen LogP contribution in [-0.4, -0.2) is 61.7 Å². The molecule has 0 aromatic rings. The highest BCUT2D eigenvalue weighted by atomic mass is 16.5. The Morgan fingerprint density at radius 1 is 1.22 bits per heavy atom. The third-order valence-corrected chi connectivity index (χ3v) is 6.86. The number of hydrogen-bond acceptors (Lipinski definition) is 3. The van der Waals surface area contributed by atoms with Crippen molar-refractivity contribution in [2.24, 2.45) is 16.3 Å². The van der Waals surface area contributed by atoms with Gasteiger partial charge in [-0.15, -0.1) is 0 Å². The van der Waals surface area contributed by atoms with Crippen molar-refractivity contribution < 1.29 is 9.53 Å². The predicted molar refractivity (Wildman–Crippen MR) is 109 cm³/mol. The van der Waals surface area contributed by atoms with E-state index in [0.29, 0.717) is 23.6 Å². The molecule has 0 bridgehead atoms. The third kappa shape index (κ3) is 4.25. The molecule has 0 aromatic heterocycles. The molecule has 2 unspecified atom stereocenters. The first-order valence-corrected chi connectivity index (χ1v) is 10.9. The van der Waals surface area contributed by atoms with Gasteiger partial charge in [0.2, 0.25) is 5.91 Å². The summed E-state index contributed by atoms with van der Waals surface area (Å²) in [5, 5.41) is 7.31. The molecule has 2 aliphatic carbocycles. The molecular formula is C21H38N4O2. The maximum absolute atomic E-state index is 12.2. The number of guanidine groups is 1. The Hall–Kier alpha value is -1.30. The van der Waals surface area contributed by atoms with Gasteiger partial charge in [-0.3, -0.25) is 9.79 Å². The van der Waals surface area contributed by atoms with Crippen LogP contribution in [0.15, 0.2) is 4.99 Å². The Kier molecular flexibility index (Phi) is 6.66. The molecule has 1 aliphatic heterocycles. The van der Waals surface area contributed by atoms with Gasteiger partial charge in [-0.05, 0) is 39.0 Å². The van der Waals surface area contributed by atoms with Gasteiger partial charge in [-0.1, -0.05) is 26.7 Å². The fourth-order valence-corrected chi connectivity index (χ4v) is 5.23. The van der Waals surface area contributed by atoms with Crippen molar-refractivity contribution in [3.63, 3.8) is 0 Å². The highest BCUT2D eigenvalue weighted by Gasteiger charge is 2.57. The van der Waals surface area contributed by atoms with E-state index >= 15 is 0 Å². The molecule has 1 saturated heterocycles. The first-order valence-electron chi connectivity index (χ1n) is 10.9. The number of amides is 1. The monoisotopic (exact) mass is 378 g/mol. The summed E-state index contributed by atoms with van der Waals surface area (Å²) >= 11 is 0. The average molecular weight is 379 g/mol. The Balaban J connectivity index is 1.50. The van der Waals surface area contributed by atoms with E-state index < -0.39 is 0 Å². The number of likely N-dealkylation sites (tertiary alicyclic amines) is 1. The number of ether oxygens (including phenoxy) is 1. The Bertz CT molecular complexity index is 534. The quantitative estimate of drug-likeness (QED) is 0.570. The van der Waals surface area contributed by atoms with Crippen LogP contribution in [-0.2, 0) is 9.53 Å². The van der Waals surface area contributed by atoms with Crippen LogP contribution in [0.3, 0.4) is 0 Å². The summed E-state index contributed by atoms with van der Waals surface area (Å²) in [5.74, 6) is 1.27. The summed E-state index contributed by atoms with van der Waals surface area (Å²) in [7, 11) is 1.85. The molecule has 2 atom stereocenters. The van der Waals surface area contributed by atoms with Crippen LogP contribution in [0.2, 0.25) is 0 Å². The van der Waals surface area contributed by atoms with Crippen LogP contribution in [0.1, 0.15) is 65.7 Å². The molecule has 0 radical (unpaired) electrons. The number of hydrogen-bond donors (Lipinski definition) is 2. The molecule has 1 spiro atoms. The fraction of sp³-hybridized carbons (Fsp3) is 0.905. The number of rotatable bonds is 5. The van der Waals surface area contributed by atoms with Gasteiger partial charge in [0.25, 0.3) is 0 Å². The van der Waals surface area contributed by atoms with Crippen molar-refractivity contribution in [3.8, 4) is 0 Å². The van der Waals surface area contributed by atoms with Gasteiger partial charge >= 0.3 is 0 Å². The predicted octanol–water partition coefficient (Wildman–Crippen LogP) is 2.54. The van der Waals surface area contributed by atoms with Gasteiger partial charge in [0.05, 0.1) is 6.10 Å². The van der Waals surface area contributed by atoms with Crippen molar-refractivity contribution in [1.29, 1.82) is 0 Å². The Morgan fingerprint density at radius 3 is 2.44 bits per heavy atom. The molecule has 2 saturated carbocycles. The first kappa shape index (κ1) is 20.4. The number of nitrogens with one attached hydrogen (secondary N) is 2. The minimum absolute atomic E-state index is 0.0865. The van der Waals surface area contributed by atoms with E-state index in [1.807, 2.05) is 25.8 Å². The zero-order valence-corrected chi connectivity index (χ0v) is 17.6. The molecule has 154 valence electrons. The number of nitrogens with zero attached hydrogens (tertiary/aromatic N) is 2. The number of carbonyl (C=O) groups is 1. The maximum atomic E-state index is 12.2. The van der Waals surface area contributed by atoms with Gasteiger partial charge in [0.1, 0.15) is 0 Å². The third-order valence-electron chi connectivity index (χ3n) is 6.86. The van der Waals surface area contributed by atoms with Crippen molar-refractivity contribution in [3.05, 3.63) is 0 Å². The van der Waals surface area contributed by atoms with Crippen molar-refractivity contribution in [1.82, 2.24) is 15.5 Å². The van der Waals surface area contributed by atoms with Crippen molar-refractivity contribution >= 4 is 11.9 Å². The average Bonchev–Trinajstić information content (AvgIpc) is 3.19. The summed E-state index contributed by atoms with van der Waals surface area (Å²) in [4.78, 5) is 18.7. The van der Waals surface area contributed by atoms with E-state index in [4.69, 9.17) is 4.74 Å². The molecule has 3 rings (SSSR count). The van der Waals surface area contributed by atoms with E-state index in [2.05, 4.69) is 22.5 Å². The smallest absolute Gasteiger partial charge is 0.225 e. The second-order valence-electron chi connectivity index (χ2n) is 8.79. The van der Waals surface area contributed by atoms with Crippen LogP contribution in [0.4, 0.5) is 0 Å². The Morgan fingerprint density at radius 2 is 1.89 bits per heavy atom. The molecular weight excluding hydrogens is 340 g/mol. The number of aliphatic imine (C=N–C) groups is 1. The first-order chi connectivity index (χ1) is 13.0. The summed E-state index contributed by atoms with van der Waals surface area (Å²) in [6.45, 7) is 8.54. The van der Waals surface area contributed by atoms with Crippen molar-refractivity contribution in [2.75, 3.05) is 26.7 Å². The summed E-state index contributed by atoms with van der Waals surface area (Å²) in [5.41, 5.74) is 0.306. The van der Waals surface area contributed by atoms with Crippen LogP contribution in [0, 0.1) is 11.3 Å². The highest BCUT2D eigenvalue weighted by molar-refractivity contribution is 5.81. The van der Waals surface area contributed by atoms with Gasteiger partial charge in [-0.25, -0.2) is 0 Å². The fourth-order valence-electron chi connectivity index (χ4n) is 5.23. The lowest BCUT2D eigenvalue weighted by Gasteiger charge is -2.54. The van der Waals surface area contributed by atoms with Gasteiger partial charge < -0.3 is 20.3 Å². The van der Waals surface area contributed by atoms with Crippen LogP contribution in [0.25, 0.3) is 0 Å². The SMILES string of the molecule is CCOC1CC(NC(=NC)NC2CCN(C(=O)C(C)C)CC2)C12CCCC2. The zero-order valence-electron chi connectivity index (χ0n) is 17.6. The molecule has 27 heavy (non-hydrogen) atoms. The largest absolute Gasteiger partial charge is 0.378 e. The van der Waals surface area contributed by atoms with E-state index in [9.17, 15) is 4.79 Å². The van der Waals surface area contributed by atoms with Gasteiger partial charge in [-0.2, -0.15) is 0 Å². The van der Waals surface area contributed by atoms with Crippen LogP contribution in [0.5, 0.6) is 0 Å². The molecule has 3 fully saturated rings. The Labute approximate surface area is 164 Å². The lowest BCUT2D eigenvalue weighted by molar-refractivity contribution is -0.135. The summed E-state index contributed by atoms with van der Waals surface area (Å²) in [6, 6.07) is 0.847. The molecule has 0 aromatic carbocycles. The number of piperidine rings is 1. The second-order valence-corrected chi connectivity index (χ2v) is 8.79. The molecule has 3 aliphatic rings. The van der Waals surface area contributed by atoms with E-state index in [0.717, 1.165) is 44.9 Å². The van der Waals surface area contributed by atoms with Gasteiger partial charge in [0.15, 0.2) is 5.96 Å². The maximum Gasteiger partial charge on any atom is 0.225 e.